The van der Waals surface area contributed by atoms with Crippen molar-refractivity contribution in [2.45, 2.75) is 39.0 Å². The zero-order valence-corrected chi connectivity index (χ0v) is 18.1. The van der Waals surface area contributed by atoms with E-state index >= 15 is 0 Å². The molecule has 0 aliphatic carbocycles. The van der Waals surface area contributed by atoms with Crippen LogP contribution in [0.25, 0.3) is 21.7 Å². The third-order valence-electron chi connectivity index (χ3n) is 5.37. The standard InChI is InChI=1S/C27H26O5/c1-2-3-4-5-6-15-30-23-11-9-19-16-22(8-7-20(19)17-23)27(29)31-24-12-13-25-21(18-24)10-14-26(28)32-25/h7-14,16-18H,2-6,15H2,1H3. The lowest BCUT2D eigenvalue weighted by Gasteiger charge is -2.09. The highest BCUT2D eigenvalue weighted by molar-refractivity contribution is 5.97. The van der Waals surface area contributed by atoms with Crippen LogP contribution in [0.1, 0.15) is 49.4 Å². The van der Waals surface area contributed by atoms with E-state index in [0.717, 1.165) is 29.5 Å². The van der Waals surface area contributed by atoms with Crippen molar-refractivity contribution in [1.29, 1.82) is 0 Å². The molecular weight excluding hydrogens is 404 g/mol. The average Bonchev–Trinajstić information content (AvgIpc) is 2.81. The number of rotatable bonds is 9. The van der Waals surface area contributed by atoms with Crippen LogP contribution in [0.5, 0.6) is 11.5 Å². The maximum atomic E-state index is 12.6. The van der Waals surface area contributed by atoms with E-state index in [1.54, 1.807) is 30.3 Å². The van der Waals surface area contributed by atoms with Crippen molar-refractivity contribution in [2.24, 2.45) is 0 Å². The Morgan fingerprint density at radius 3 is 2.38 bits per heavy atom. The van der Waals surface area contributed by atoms with Gasteiger partial charge in [-0.1, -0.05) is 44.7 Å². The van der Waals surface area contributed by atoms with Crippen molar-refractivity contribution < 1.29 is 18.7 Å². The maximum absolute atomic E-state index is 12.6. The molecule has 4 aromatic rings. The van der Waals surface area contributed by atoms with Gasteiger partial charge in [-0.2, -0.15) is 0 Å². The zero-order valence-electron chi connectivity index (χ0n) is 18.1. The number of hydrogen-bond donors (Lipinski definition) is 0. The lowest BCUT2D eigenvalue weighted by Crippen LogP contribution is -2.08. The van der Waals surface area contributed by atoms with Crippen LogP contribution in [0, 0.1) is 0 Å². The van der Waals surface area contributed by atoms with Gasteiger partial charge < -0.3 is 13.9 Å². The first-order valence-electron chi connectivity index (χ1n) is 11.0. The number of esters is 1. The van der Waals surface area contributed by atoms with Gasteiger partial charge in [-0.25, -0.2) is 9.59 Å². The largest absolute Gasteiger partial charge is 0.494 e. The van der Waals surface area contributed by atoms with Gasteiger partial charge in [0, 0.05) is 11.5 Å². The van der Waals surface area contributed by atoms with Crippen molar-refractivity contribution in [3.05, 3.63) is 82.7 Å². The molecule has 0 aliphatic rings. The summed E-state index contributed by atoms with van der Waals surface area (Å²) >= 11 is 0. The number of benzene rings is 3. The Balaban J connectivity index is 1.41. The van der Waals surface area contributed by atoms with Crippen LogP contribution in [0.2, 0.25) is 0 Å². The molecule has 0 bridgehead atoms. The molecule has 0 saturated heterocycles. The summed E-state index contributed by atoms with van der Waals surface area (Å²) in [6.45, 7) is 2.93. The van der Waals surface area contributed by atoms with Crippen molar-refractivity contribution >= 4 is 27.7 Å². The molecule has 0 amide bonds. The Bertz CT molecular complexity index is 1290. The molecule has 0 atom stereocenters. The quantitative estimate of drug-likeness (QED) is 0.131. The molecule has 0 fully saturated rings. The van der Waals surface area contributed by atoms with Crippen LogP contribution in [-0.4, -0.2) is 12.6 Å². The molecule has 5 heteroatoms. The van der Waals surface area contributed by atoms with Crippen molar-refractivity contribution in [3.8, 4) is 11.5 Å². The van der Waals surface area contributed by atoms with Crippen molar-refractivity contribution in [2.75, 3.05) is 6.61 Å². The van der Waals surface area contributed by atoms with E-state index in [2.05, 4.69) is 6.92 Å². The molecule has 5 nitrogen and oxygen atoms in total. The molecular formula is C27H26O5. The fourth-order valence-electron chi connectivity index (χ4n) is 3.62. The van der Waals surface area contributed by atoms with Gasteiger partial charge in [-0.15, -0.1) is 0 Å². The number of carbonyl (C=O) groups is 1. The molecule has 0 aliphatic heterocycles. The van der Waals surface area contributed by atoms with Gasteiger partial charge in [-0.05, 0) is 65.7 Å². The van der Waals surface area contributed by atoms with Gasteiger partial charge in [0.05, 0.1) is 12.2 Å². The summed E-state index contributed by atoms with van der Waals surface area (Å²) in [7, 11) is 0. The minimum atomic E-state index is -0.448. The second-order valence-corrected chi connectivity index (χ2v) is 7.83. The van der Waals surface area contributed by atoms with Crippen LogP contribution in [0.4, 0.5) is 0 Å². The van der Waals surface area contributed by atoms with Gasteiger partial charge in [0.25, 0.3) is 0 Å². The fourth-order valence-corrected chi connectivity index (χ4v) is 3.62. The molecule has 0 N–H and O–H groups in total. The number of carbonyl (C=O) groups excluding carboxylic acids is 1. The minimum absolute atomic E-state index is 0.388. The molecule has 0 unspecified atom stereocenters. The Labute approximate surface area is 186 Å². The van der Waals surface area contributed by atoms with E-state index in [1.807, 2.05) is 30.3 Å². The molecule has 0 spiro atoms. The number of ether oxygens (including phenoxy) is 2. The summed E-state index contributed by atoms with van der Waals surface area (Å²) in [6.07, 6.45) is 6.02. The average molecular weight is 431 g/mol. The molecule has 0 saturated carbocycles. The molecule has 1 heterocycles. The van der Waals surface area contributed by atoms with Crippen LogP contribution < -0.4 is 15.1 Å². The van der Waals surface area contributed by atoms with Crippen LogP contribution in [0.15, 0.2) is 75.9 Å². The van der Waals surface area contributed by atoms with E-state index in [9.17, 15) is 9.59 Å². The minimum Gasteiger partial charge on any atom is -0.494 e. The van der Waals surface area contributed by atoms with Gasteiger partial charge in [0.15, 0.2) is 0 Å². The van der Waals surface area contributed by atoms with Crippen LogP contribution in [-0.2, 0) is 0 Å². The van der Waals surface area contributed by atoms with E-state index in [-0.39, 0.29) is 0 Å². The molecule has 32 heavy (non-hydrogen) atoms. The SMILES string of the molecule is CCCCCCCOc1ccc2cc(C(=O)Oc3ccc4oc(=O)ccc4c3)ccc2c1. The van der Waals surface area contributed by atoms with E-state index in [4.69, 9.17) is 13.9 Å². The maximum Gasteiger partial charge on any atom is 0.343 e. The third kappa shape index (κ3) is 5.35. The summed E-state index contributed by atoms with van der Waals surface area (Å²) < 4.78 is 16.5. The highest BCUT2D eigenvalue weighted by Gasteiger charge is 2.11. The first-order valence-corrected chi connectivity index (χ1v) is 11.0. The second-order valence-electron chi connectivity index (χ2n) is 7.83. The number of hydrogen-bond acceptors (Lipinski definition) is 5. The summed E-state index contributed by atoms with van der Waals surface area (Å²) in [6, 6.07) is 19.2. The number of fused-ring (bicyclic) bond motifs is 2. The predicted octanol–water partition coefficient (Wildman–Crippen LogP) is 6.51. The topological polar surface area (TPSA) is 65.7 Å². The first kappa shape index (κ1) is 21.6. The first-order chi connectivity index (χ1) is 15.6. The highest BCUT2D eigenvalue weighted by atomic mass is 16.5. The van der Waals surface area contributed by atoms with Gasteiger partial charge in [0.2, 0.25) is 0 Å². The predicted molar refractivity (Wildman–Crippen MR) is 126 cm³/mol. The summed E-state index contributed by atoms with van der Waals surface area (Å²) in [5, 5.41) is 2.63. The van der Waals surface area contributed by atoms with Gasteiger partial charge in [0.1, 0.15) is 17.1 Å². The van der Waals surface area contributed by atoms with Gasteiger partial charge >= 0.3 is 11.6 Å². The zero-order chi connectivity index (χ0) is 22.3. The summed E-state index contributed by atoms with van der Waals surface area (Å²) in [4.78, 5) is 23.9. The summed E-state index contributed by atoms with van der Waals surface area (Å²) in [5.74, 6) is 0.779. The van der Waals surface area contributed by atoms with E-state index < -0.39 is 11.6 Å². The molecule has 0 radical (unpaired) electrons. The second kappa shape index (κ2) is 10.1. The molecule has 164 valence electrons. The van der Waals surface area contributed by atoms with Crippen LogP contribution in [0.3, 0.4) is 0 Å². The van der Waals surface area contributed by atoms with Gasteiger partial charge in [-0.3, -0.25) is 0 Å². The van der Waals surface area contributed by atoms with E-state index in [1.165, 1.54) is 31.7 Å². The van der Waals surface area contributed by atoms with Crippen molar-refractivity contribution in [3.63, 3.8) is 0 Å². The van der Waals surface area contributed by atoms with Crippen molar-refractivity contribution in [1.82, 2.24) is 0 Å². The fraction of sp³-hybridized carbons (Fsp3) is 0.259. The van der Waals surface area contributed by atoms with E-state index in [0.29, 0.717) is 22.3 Å². The summed E-state index contributed by atoms with van der Waals surface area (Å²) in [5.41, 5.74) is 0.489. The Hall–Kier alpha value is -3.60. The lowest BCUT2D eigenvalue weighted by molar-refractivity contribution is 0.0735. The molecule has 4 rings (SSSR count). The Morgan fingerprint density at radius 2 is 1.50 bits per heavy atom. The number of unbranched alkanes of at least 4 members (excludes halogenated alkanes) is 4. The Kier molecular flexibility index (Phi) is 6.85. The highest BCUT2D eigenvalue weighted by Crippen LogP contribution is 2.24. The normalized spacial score (nSPS) is 11.0. The Morgan fingerprint density at radius 1 is 0.781 bits per heavy atom. The van der Waals surface area contributed by atoms with Crippen LogP contribution >= 0.6 is 0 Å². The molecule has 1 aromatic heterocycles. The smallest absolute Gasteiger partial charge is 0.343 e. The lowest BCUT2D eigenvalue weighted by atomic mass is 10.1. The molecule has 3 aromatic carbocycles. The third-order valence-corrected chi connectivity index (χ3v) is 5.37. The monoisotopic (exact) mass is 430 g/mol.